The van der Waals surface area contributed by atoms with E-state index >= 15 is 0 Å². The molecule has 2 amide bonds. The molecule has 0 radical (unpaired) electrons. The van der Waals surface area contributed by atoms with Crippen LogP contribution in [0.5, 0.6) is 0 Å². The highest BCUT2D eigenvalue weighted by Gasteiger charge is 2.46. The summed E-state index contributed by atoms with van der Waals surface area (Å²) in [6.45, 7) is 1.20. The summed E-state index contributed by atoms with van der Waals surface area (Å²) in [6, 6.07) is 5.41. The summed E-state index contributed by atoms with van der Waals surface area (Å²) in [4.78, 5) is 43.6. The first kappa shape index (κ1) is 19.7. The van der Waals surface area contributed by atoms with Gasteiger partial charge in [0.25, 0.3) is 5.91 Å². The molecule has 0 bridgehead atoms. The minimum atomic E-state index is -0.384. The number of rotatable bonds is 7. The highest BCUT2D eigenvalue weighted by molar-refractivity contribution is 7.13. The minimum Gasteiger partial charge on any atom is -0.368 e. The summed E-state index contributed by atoms with van der Waals surface area (Å²) in [6.07, 6.45) is 5.65. The van der Waals surface area contributed by atoms with E-state index in [0.717, 1.165) is 16.9 Å². The number of unbranched alkanes of at least 4 members (excludes halogenated alkanes) is 1. The molecule has 2 atom stereocenters. The molecule has 1 N–H and O–H groups in total. The predicted octanol–water partition coefficient (Wildman–Crippen LogP) is 2.28. The molecule has 29 heavy (non-hydrogen) atoms. The summed E-state index contributed by atoms with van der Waals surface area (Å²) < 4.78 is 5.42. The normalized spacial score (nSPS) is 20.7. The van der Waals surface area contributed by atoms with Crippen molar-refractivity contribution in [2.24, 2.45) is 0 Å². The second kappa shape index (κ2) is 8.84. The lowest BCUT2D eigenvalue weighted by Gasteiger charge is -2.21. The van der Waals surface area contributed by atoms with Crippen LogP contribution in [0.2, 0.25) is 0 Å². The average molecular weight is 413 g/mol. The molecular formula is C21H23N3O4S. The summed E-state index contributed by atoms with van der Waals surface area (Å²) in [7, 11) is 0. The second-order valence-corrected chi connectivity index (χ2v) is 8.24. The van der Waals surface area contributed by atoms with Crippen molar-refractivity contribution < 1.29 is 19.1 Å². The molecule has 4 rings (SSSR count). The SMILES string of the molecule is O=C(NCCCCC(=O)N1CCC2OCC(=O)C21)c1cncc(-c2cccs2)c1. The lowest BCUT2D eigenvalue weighted by atomic mass is 10.1. The highest BCUT2D eigenvalue weighted by Crippen LogP contribution is 2.27. The Morgan fingerprint density at radius 2 is 2.21 bits per heavy atom. The fraction of sp³-hybridized carbons (Fsp3) is 0.429. The number of hydrogen-bond donors (Lipinski definition) is 1. The van der Waals surface area contributed by atoms with Crippen LogP contribution >= 0.6 is 11.3 Å². The number of nitrogens with one attached hydrogen (secondary N) is 1. The third kappa shape index (κ3) is 4.38. The van der Waals surface area contributed by atoms with Crippen LogP contribution in [0.1, 0.15) is 36.0 Å². The number of thiophene rings is 1. The largest absolute Gasteiger partial charge is 0.368 e. The van der Waals surface area contributed by atoms with Crippen LogP contribution < -0.4 is 5.32 Å². The molecule has 2 saturated heterocycles. The van der Waals surface area contributed by atoms with Gasteiger partial charge in [0.15, 0.2) is 5.78 Å². The maximum absolute atomic E-state index is 12.4. The van der Waals surface area contributed by atoms with Gasteiger partial charge < -0.3 is 15.0 Å². The first-order valence-corrected chi connectivity index (χ1v) is 10.7. The zero-order chi connectivity index (χ0) is 20.2. The standard InChI is InChI=1S/C21H23N3O4S/c25-16-13-28-17-6-8-24(20(16)17)19(26)5-1-2-7-23-21(27)15-10-14(11-22-12-15)18-4-3-9-29-18/h3-4,9-12,17,20H,1-2,5-8,13H2,(H,23,27). The lowest BCUT2D eigenvalue weighted by molar-refractivity contribution is -0.136. The van der Waals surface area contributed by atoms with Gasteiger partial charge in [0, 0.05) is 42.3 Å². The Bertz CT molecular complexity index is 899. The number of fused-ring (bicyclic) bond motifs is 1. The summed E-state index contributed by atoms with van der Waals surface area (Å²) >= 11 is 1.60. The number of carbonyl (C=O) groups is 3. The van der Waals surface area contributed by atoms with Crippen molar-refractivity contribution in [2.45, 2.75) is 37.8 Å². The second-order valence-electron chi connectivity index (χ2n) is 7.29. The van der Waals surface area contributed by atoms with E-state index < -0.39 is 0 Å². The van der Waals surface area contributed by atoms with E-state index in [-0.39, 0.29) is 36.4 Å². The Morgan fingerprint density at radius 3 is 3.03 bits per heavy atom. The number of ketones is 1. The van der Waals surface area contributed by atoms with Gasteiger partial charge in [0.2, 0.25) is 5.91 Å². The number of aromatic nitrogens is 1. The molecule has 8 heteroatoms. The zero-order valence-electron chi connectivity index (χ0n) is 16.0. The van der Waals surface area contributed by atoms with E-state index in [4.69, 9.17) is 4.74 Å². The van der Waals surface area contributed by atoms with Gasteiger partial charge >= 0.3 is 0 Å². The Hall–Kier alpha value is -2.58. The molecule has 2 aliphatic heterocycles. The van der Waals surface area contributed by atoms with Crippen LogP contribution in [0.25, 0.3) is 10.4 Å². The molecule has 2 fully saturated rings. The van der Waals surface area contributed by atoms with Crippen molar-refractivity contribution in [3.05, 3.63) is 41.5 Å². The topological polar surface area (TPSA) is 88.6 Å². The summed E-state index contributed by atoms with van der Waals surface area (Å²) in [5.74, 6) is -0.166. The molecule has 2 unspecified atom stereocenters. The van der Waals surface area contributed by atoms with Gasteiger partial charge in [0.1, 0.15) is 12.6 Å². The number of nitrogens with zero attached hydrogens (tertiary/aromatic N) is 2. The van der Waals surface area contributed by atoms with Gasteiger partial charge in [-0.1, -0.05) is 6.07 Å². The Morgan fingerprint density at radius 1 is 1.31 bits per heavy atom. The van der Waals surface area contributed by atoms with E-state index in [2.05, 4.69) is 10.3 Å². The quantitative estimate of drug-likeness (QED) is 0.704. The Balaban J connectivity index is 1.20. The molecule has 2 aromatic rings. The fourth-order valence-electron chi connectivity index (χ4n) is 3.86. The molecule has 2 aliphatic rings. The molecule has 4 heterocycles. The zero-order valence-corrected chi connectivity index (χ0v) is 16.8. The molecule has 152 valence electrons. The van der Waals surface area contributed by atoms with Crippen molar-refractivity contribution >= 4 is 28.9 Å². The first-order chi connectivity index (χ1) is 14.1. The average Bonchev–Trinajstić information content (AvgIpc) is 3.47. The third-order valence-electron chi connectivity index (χ3n) is 5.34. The van der Waals surface area contributed by atoms with Crippen molar-refractivity contribution in [1.82, 2.24) is 15.2 Å². The molecular weight excluding hydrogens is 390 g/mol. The molecule has 7 nitrogen and oxygen atoms in total. The van der Waals surface area contributed by atoms with Gasteiger partial charge in [-0.25, -0.2) is 0 Å². The van der Waals surface area contributed by atoms with Crippen molar-refractivity contribution in [2.75, 3.05) is 19.7 Å². The van der Waals surface area contributed by atoms with Gasteiger partial charge in [-0.3, -0.25) is 19.4 Å². The van der Waals surface area contributed by atoms with Crippen LogP contribution in [0.15, 0.2) is 36.0 Å². The van der Waals surface area contributed by atoms with Crippen LogP contribution in [-0.4, -0.2) is 59.3 Å². The van der Waals surface area contributed by atoms with Crippen LogP contribution in [0.4, 0.5) is 0 Å². The predicted molar refractivity (Wildman–Crippen MR) is 109 cm³/mol. The van der Waals surface area contributed by atoms with Crippen LogP contribution in [0.3, 0.4) is 0 Å². The van der Waals surface area contributed by atoms with Gasteiger partial charge in [-0.2, -0.15) is 0 Å². The Kier molecular flexibility index (Phi) is 6.01. The number of pyridine rings is 1. The lowest BCUT2D eigenvalue weighted by Crippen LogP contribution is -2.41. The molecule has 0 aliphatic carbocycles. The number of amides is 2. The summed E-state index contributed by atoms with van der Waals surface area (Å²) in [5.41, 5.74) is 1.45. The fourth-order valence-corrected chi connectivity index (χ4v) is 4.57. The summed E-state index contributed by atoms with van der Waals surface area (Å²) in [5, 5.41) is 4.87. The number of hydrogen-bond acceptors (Lipinski definition) is 6. The number of Topliss-reactive ketones (excluding diaryl/α,β-unsaturated/α-hetero) is 1. The minimum absolute atomic E-state index is 0.00414. The van der Waals surface area contributed by atoms with Crippen LogP contribution in [-0.2, 0) is 14.3 Å². The molecule has 0 saturated carbocycles. The smallest absolute Gasteiger partial charge is 0.252 e. The first-order valence-electron chi connectivity index (χ1n) is 9.84. The van der Waals surface area contributed by atoms with E-state index in [1.807, 2.05) is 23.6 Å². The highest BCUT2D eigenvalue weighted by atomic mass is 32.1. The Labute approximate surface area is 173 Å². The number of ether oxygens (including phenoxy) is 1. The van der Waals surface area contributed by atoms with Gasteiger partial charge in [0.05, 0.1) is 11.7 Å². The van der Waals surface area contributed by atoms with Crippen molar-refractivity contribution in [1.29, 1.82) is 0 Å². The van der Waals surface area contributed by atoms with Crippen LogP contribution in [0, 0.1) is 0 Å². The van der Waals surface area contributed by atoms with Crippen molar-refractivity contribution in [3.63, 3.8) is 0 Å². The maximum atomic E-state index is 12.4. The van der Waals surface area contributed by atoms with E-state index in [9.17, 15) is 14.4 Å². The van der Waals surface area contributed by atoms with E-state index in [0.29, 0.717) is 37.9 Å². The molecule has 0 aromatic carbocycles. The van der Waals surface area contributed by atoms with E-state index in [1.54, 1.807) is 28.6 Å². The van der Waals surface area contributed by atoms with Crippen molar-refractivity contribution in [3.8, 4) is 10.4 Å². The third-order valence-corrected chi connectivity index (χ3v) is 6.26. The van der Waals surface area contributed by atoms with Gasteiger partial charge in [-0.05, 0) is 36.8 Å². The monoisotopic (exact) mass is 413 g/mol. The van der Waals surface area contributed by atoms with E-state index in [1.165, 1.54) is 0 Å². The molecule has 2 aromatic heterocycles. The number of carbonyl (C=O) groups excluding carboxylic acids is 3. The maximum Gasteiger partial charge on any atom is 0.252 e. The number of likely N-dealkylation sites (tertiary alicyclic amines) is 1. The molecule has 0 spiro atoms. The van der Waals surface area contributed by atoms with Gasteiger partial charge in [-0.15, -0.1) is 11.3 Å².